The van der Waals surface area contributed by atoms with Crippen LogP contribution in [0, 0.1) is 5.41 Å². The quantitative estimate of drug-likeness (QED) is 0.849. The lowest BCUT2D eigenvalue weighted by atomic mass is 9.96. The third-order valence-corrected chi connectivity index (χ3v) is 2.62. The standard InChI is InChI=1S/C14H23NO2/c1-10(16)12-7-6-11(8-13(12)17)15(5)9-14(2,3)4/h6-8,10,16-17H,9H2,1-5H3. The van der Waals surface area contributed by atoms with Crippen molar-refractivity contribution >= 4 is 5.69 Å². The molecule has 1 rings (SSSR count). The molecule has 3 heteroatoms. The van der Waals surface area contributed by atoms with Gasteiger partial charge >= 0.3 is 0 Å². The monoisotopic (exact) mass is 237 g/mol. The summed E-state index contributed by atoms with van der Waals surface area (Å²) >= 11 is 0. The first-order chi connectivity index (χ1) is 7.70. The Morgan fingerprint density at radius 2 is 1.88 bits per heavy atom. The molecule has 1 aromatic rings. The number of nitrogens with zero attached hydrogens (tertiary/aromatic N) is 1. The van der Waals surface area contributed by atoms with Crippen LogP contribution in [0.4, 0.5) is 5.69 Å². The Morgan fingerprint density at radius 1 is 1.29 bits per heavy atom. The van der Waals surface area contributed by atoms with E-state index in [2.05, 4.69) is 25.7 Å². The van der Waals surface area contributed by atoms with E-state index in [1.54, 1.807) is 19.1 Å². The first kappa shape index (κ1) is 13.8. The molecule has 0 heterocycles. The Bertz CT molecular complexity index is 380. The fraction of sp³-hybridized carbons (Fsp3) is 0.571. The largest absolute Gasteiger partial charge is 0.507 e. The zero-order valence-electron chi connectivity index (χ0n) is 11.4. The van der Waals surface area contributed by atoms with Gasteiger partial charge in [-0.2, -0.15) is 0 Å². The van der Waals surface area contributed by atoms with Crippen molar-refractivity contribution in [2.24, 2.45) is 5.41 Å². The lowest BCUT2D eigenvalue weighted by molar-refractivity contribution is 0.195. The maximum atomic E-state index is 9.82. The first-order valence-corrected chi connectivity index (χ1v) is 5.93. The van der Waals surface area contributed by atoms with Crippen LogP contribution in [-0.4, -0.2) is 23.8 Å². The van der Waals surface area contributed by atoms with Crippen molar-refractivity contribution in [2.75, 3.05) is 18.5 Å². The van der Waals surface area contributed by atoms with Crippen molar-refractivity contribution in [3.05, 3.63) is 23.8 Å². The van der Waals surface area contributed by atoms with Crippen molar-refractivity contribution in [1.29, 1.82) is 0 Å². The summed E-state index contributed by atoms with van der Waals surface area (Å²) in [6, 6.07) is 5.40. The molecule has 1 atom stereocenters. The Hall–Kier alpha value is -1.22. The summed E-state index contributed by atoms with van der Waals surface area (Å²) in [4.78, 5) is 2.10. The van der Waals surface area contributed by atoms with Crippen LogP contribution in [-0.2, 0) is 0 Å². The summed E-state index contributed by atoms with van der Waals surface area (Å²) in [5.74, 6) is 0.151. The second-order valence-corrected chi connectivity index (χ2v) is 5.84. The number of aromatic hydroxyl groups is 1. The molecule has 0 fully saturated rings. The van der Waals surface area contributed by atoms with Gasteiger partial charge in [-0.25, -0.2) is 0 Å². The van der Waals surface area contributed by atoms with E-state index in [1.807, 2.05) is 13.1 Å². The molecule has 0 aromatic heterocycles. The summed E-state index contributed by atoms with van der Waals surface area (Å²) in [7, 11) is 2.00. The Kier molecular flexibility index (Phi) is 4.04. The SMILES string of the molecule is CC(O)c1ccc(N(C)CC(C)(C)C)cc1O. The maximum Gasteiger partial charge on any atom is 0.123 e. The summed E-state index contributed by atoms with van der Waals surface area (Å²) in [6.07, 6.45) is -0.642. The highest BCUT2D eigenvalue weighted by Gasteiger charge is 2.15. The first-order valence-electron chi connectivity index (χ1n) is 5.93. The van der Waals surface area contributed by atoms with Gasteiger partial charge in [-0.05, 0) is 18.4 Å². The Balaban J connectivity index is 2.90. The van der Waals surface area contributed by atoms with Gasteiger partial charge in [-0.15, -0.1) is 0 Å². The van der Waals surface area contributed by atoms with E-state index in [0.717, 1.165) is 12.2 Å². The van der Waals surface area contributed by atoms with E-state index in [1.165, 1.54) is 0 Å². The number of phenols is 1. The zero-order valence-corrected chi connectivity index (χ0v) is 11.4. The van der Waals surface area contributed by atoms with Crippen molar-refractivity contribution < 1.29 is 10.2 Å². The number of hydrogen-bond acceptors (Lipinski definition) is 3. The smallest absolute Gasteiger partial charge is 0.123 e. The number of benzene rings is 1. The van der Waals surface area contributed by atoms with Crippen LogP contribution in [0.25, 0.3) is 0 Å². The molecule has 0 aliphatic rings. The highest BCUT2D eigenvalue weighted by Crippen LogP contribution is 2.29. The van der Waals surface area contributed by atoms with E-state index in [-0.39, 0.29) is 11.2 Å². The molecule has 0 bridgehead atoms. The van der Waals surface area contributed by atoms with Gasteiger partial charge in [0.05, 0.1) is 6.10 Å². The van der Waals surface area contributed by atoms with Gasteiger partial charge in [0, 0.05) is 30.9 Å². The third kappa shape index (κ3) is 3.93. The van der Waals surface area contributed by atoms with Crippen molar-refractivity contribution in [2.45, 2.75) is 33.8 Å². The van der Waals surface area contributed by atoms with Crippen molar-refractivity contribution in [1.82, 2.24) is 0 Å². The molecule has 0 spiro atoms. The van der Waals surface area contributed by atoms with Crippen LogP contribution in [0.15, 0.2) is 18.2 Å². The van der Waals surface area contributed by atoms with Gasteiger partial charge in [0.2, 0.25) is 0 Å². The minimum absolute atomic E-state index is 0.151. The number of aliphatic hydroxyl groups excluding tert-OH is 1. The van der Waals surface area contributed by atoms with Crippen molar-refractivity contribution in [3.8, 4) is 5.75 Å². The summed E-state index contributed by atoms with van der Waals surface area (Å²) in [5.41, 5.74) is 1.73. The number of rotatable bonds is 3. The average molecular weight is 237 g/mol. The second-order valence-electron chi connectivity index (χ2n) is 5.84. The fourth-order valence-electron chi connectivity index (χ4n) is 1.93. The average Bonchev–Trinajstić information content (AvgIpc) is 2.14. The van der Waals surface area contributed by atoms with E-state index < -0.39 is 6.10 Å². The zero-order chi connectivity index (χ0) is 13.2. The van der Waals surface area contributed by atoms with Gasteiger partial charge in [-0.1, -0.05) is 26.8 Å². The number of hydrogen-bond donors (Lipinski definition) is 2. The number of aliphatic hydroxyl groups is 1. The predicted octanol–water partition coefficient (Wildman–Crippen LogP) is 2.93. The number of phenolic OH excluding ortho intramolecular Hbond substituents is 1. The van der Waals surface area contributed by atoms with Gasteiger partial charge in [0.15, 0.2) is 0 Å². The molecule has 0 saturated carbocycles. The minimum Gasteiger partial charge on any atom is -0.507 e. The normalized spacial score (nSPS) is 13.5. The van der Waals surface area contributed by atoms with Gasteiger partial charge < -0.3 is 15.1 Å². The maximum absolute atomic E-state index is 9.82. The van der Waals surface area contributed by atoms with Gasteiger partial charge in [-0.3, -0.25) is 0 Å². The van der Waals surface area contributed by atoms with Crippen LogP contribution < -0.4 is 4.90 Å². The molecule has 0 aliphatic heterocycles. The van der Waals surface area contributed by atoms with E-state index in [0.29, 0.717) is 5.56 Å². The Morgan fingerprint density at radius 3 is 2.29 bits per heavy atom. The molecule has 0 saturated heterocycles. The molecule has 1 unspecified atom stereocenters. The van der Waals surface area contributed by atoms with E-state index in [4.69, 9.17) is 0 Å². The molecule has 0 amide bonds. The van der Waals surface area contributed by atoms with Gasteiger partial charge in [0.25, 0.3) is 0 Å². The highest BCUT2D eigenvalue weighted by atomic mass is 16.3. The van der Waals surface area contributed by atoms with Crippen LogP contribution in [0.2, 0.25) is 0 Å². The molecule has 96 valence electrons. The third-order valence-electron chi connectivity index (χ3n) is 2.62. The summed E-state index contributed by atoms with van der Waals surface area (Å²) in [6.45, 7) is 9.07. The molecule has 1 aromatic carbocycles. The van der Waals surface area contributed by atoms with E-state index in [9.17, 15) is 10.2 Å². The molecule has 0 radical (unpaired) electrons. The predicted molar refractivity (Wildman–Crippen MR) is 71.5 cm³/mol. The molecular weight excluding hydrogens is 214 g/mol. The fourth-order valence-corrected chi connectivity index (χ4v) is 1.93. The molecular formula is C14H23NO2. The van der Waals surface area contributed by atoms with E-state index >= 15 is 0 Å². The van der Waals surface area contributed by atoms with Crippen LogP contribution in [0.1, 0.15) is 39.4 Å². The lowest BCUT2D eigenvalue weighted by Gasteiger charge is -2.28. The molecule has 17 heavy (non-hydrogen) atoms. The van der Waals surface area contributed by atoms with Crippen molar-refractivity contribution in [3.63, 3.8) is 0 Å². The van der Waals surface area contributed by atoms with Crippen LogP contribution >= 0.6 is 0 Å². The highest BCUT2D eigenvalue weighted by molar-refractivity contribution is 5.53. The molecule has 3 nitrogen and oxygen atoms in total. The second kappa shape index (κ2) is 4.96. The Labute approximate surface area is 104 Å². The molecule has 2 N–H and O–H groups in total. The van der Waals surface area contributed by atoms with Crippen LogP contribution in [0.5, 0.6) is 5.75 Å². The molecule has 0 aliphatic carbocycles. The lowest BCUT2D eigenvalue weighted by Crippen LogP contribution is -2.29. The summed E-state index contributed by atoms with van der Waals surface area (Å²) in [5, 5.41) is 19.3. The van der Waals surface area contributed by atoms with Gasteiger partial charge in [0.1, 0.15) is 5.75 Å². The number of anilines is 1. The summed E-state index contributed by atoms with van der Waals surface area (Å²) < 4.78 is 0. The van der Waals surface area contributed by atoms with Crippen LogP contribution in [0.3, 0.4) is 0 Å². The topological polar surface area (TPSA) is 43.7 Å². The minimum atomic E-state index is -0.642.